The second kappa shape index (κ2) is 6.25. The molecule has 1 aliphatic heterocycles. The Labute approximate surface area is 150 Å². The Morgan fingerprint density at radius 1 is 1.19 bits per heavy atom. The van der Waals surface area contributed by atoms with Crippen molar-refractivity contribution in [1.82, 2.24) is 15.3 Å². The van der Waals surface area contributed by atoms with Crippen molar-refractivity contribution < 1.29 is 14.0 Å². The van der Waals surface area contributed by atoms with E-state index in [4.69, 9.17) is 4.42 Å². The number of anilines is 1. The number of hydrogen-bond donors (Lipinski definition) is 1. The number of imide groups is 1. The molecule has 0 aliphatic carbocycles. The van der Waals surface area contributed by atoms with Crippen molar-refractivity contribution in [2.24, 2.45) is 5.92 Å². The van der Waals surface area contributed by atoms with E-state index in [1.54, 1.807) is 42.7 Å². The van der Waals surface area contributed by atoms with Gasteiger partial charge in [0.1, 0.15) is 11.6 Å². The molecule has 2 aromatic heterocycles. The monoisotopic (exact) mass is 350 g/mol. The van der Waals surface area contributed by atoms with E-state index in [9.17, 15) is 9.59 Å². The minimum Gasteiger partial charge on any atom is -0.436 e. The number of aromatic nitrogens is 2. The Kier molecular flexibility index (Phi) is 3.91. The average molecular weight is 350 g/mol. The van der Waals surface area contributed by atoms with Crippen LogP contribution in [0.2, 0.25) is 0 Å². The number of pyridine rings is 1. The van der Waals surface area contributed by atoms with E-state index >= 15 is 0 Å². The summed E-state index contributed by atoms with van der Waals surface area (Å²) < 4.78 is 5.76. The minimum absolute atomic E-state index is 0.235. The Morgan fingerprint density at radius 2 is 1.96 bits per heavy atom. The molecule has 7 heteroatoms. The number of carbonyl (C=O) groups excluding carboxylic acids is 2. The summed E-state index contributed by atoms with van der Waals surface area (Å²) in [6.45, 7) is 4.04. The van der Waals surface area contributed by atoms with Crippen LogP contribution in [-0.4, -0.2) is 27.9 Å². The maximum absolute atomic E-state index is 12.6. The van der Waals surface area contributed by atoms with Crippen LogP contribution in [0.15, 0.2) is 47.1 Å². The molecule has 1 atom stereocenters. The quantitative estimate of drug-likeness (QED) is 0.729. The van der Waals surface area contributed by atoms with Gasteiger partial charge in [0.25, 0.3) is 5.91 Å². The first-order chi connectivity index (χ1) is 12.5. The van der Waals surface area contributed by atoms with Gasteiger partial charge in [0.15, 0.2) is 5.58 Å². The Balaban J connectivity index is 1.67. The van der Waals surface area contributed by atoms with E-state index in [0.29, 0.717) is 35.0 Å². The fourth-order valence-electron chi connectivity index (χ4n) is 3.08. The summed E-state index contributed by atoms with van der Waals surface area (Å²) in [5.41, 5.74) is 2.47. The second-order valence-electron chi connectivity index (χ2n) is 6.71. The van der Waals surface area contributed by atoms with Crippen LogP contribution in [0.25, 0.3) is 22.6 Å². The fraction of sp³-hybridized carbons (Fsp3) is 0.263. The number of urea groups is 1. The van der Waals surface area contributed by atoms with Crippen LogP contribution in [0, 0.1) is 5.92 Å². The van der Waals surface area contributed by atoms with Crippen LogP contribution >= 0.6 is 0 Å². The molecule has 1 fully saturated rings. The van der Waals surface area contributed by atoms with E-state index in [1.165, 1.54) is 4.90 Å². The normalized spacial score (nSPS) is 17.3. The number of rotatable bonds is 4. The lowest BCUT2D eigenvalue weighted by Gasteiger charge is -2.13. The highest BCUT2D eigenvalue weighted by molar-refractivity contribution is 6.21. The predicted molar refractivity (Wildman–Crippen MR) is 96.5 cm³/mol. The second-order valence-corrected chi connectivity index (χ2v) is 6.71. The molecule has 7 nitrogen and oxygen atoms in total. The van der Waals surface area contributed by atoms with Gasteiger partial charge < -0.3 is 9.73 Å². The number of fused-ring (bicyclic) bond motifs is 1. The van der Waals surface area contributed by atoms with Gasteiger partial charge in [0, 0.05) is 18.0 Å². The van der Waals surface area contributed by atoms with E-state index in [1.807, 2.05) is 13.8 Å². The van der Waals surface area contributed by atoms with Gasteiger partial charge >= 0.3 is 6.03 Å². The molecule has 3 amide bonds. The Bertz CT molecular complexity index is 981. The molecule has 0 saturated carbocycles. The average Bonchev–Trinajstić information content (AvgIpc) is 3.16. The molecule has 26 heavy (non-hydrogen) atoms. The summed E-state index contributed by atoms with van der Waals surface area (Å²) >= 11 is 0. The molecule has 1 N–H and O–H groups in total. The molecule has 3 heterocycles. The molecule has 0 spiro atoms. The topological polar surface area (TPSA) is 88.3 Å². The predicted octanol–water partition coefficient (Wildman–Crippen LogP) is 3.36. The zero-order valence-corrected chi connectivity index (χ0v) is 14.5. The maximum Gasteiger partial charge on any atom is 0.329 e. The van der Waals surface area contributed by atoms with Crippen LogP contribution in [-0.2, 0) is 4.79 Å². The standard InChI is InChI=1S/C19H18N4O3/c1-11(2)9-15-18(24)23(19(25)22-15)13-3-4-16-14(10-13)21-17(26-16)12-5-7-20-8-6-12/h3-8,10-11,15H,9H2,1-2H3,(H,22,25). The molecule has 132 valence electrons. The highest BCUT2D eigenvalue weighted by Crippen LogP contribution is 2.29. The molecule has 1 unspecified atom stereocenters. The summed E-state index contributed by atoms with van der Waals surface area (Å²) in [5, 5.41) is 2.75. The molecular weight excluding hydrogens is 332 g/mol. The zero-order valence-electron chi connectivity index (χ0n) is 14.5. The summed E-state index contributed by atoms with van der Waals surface area (Å²) in [6, 6.07) is 7.83. The van der Waals surface area contributed by atoms with Gasteiger partial charge in [-0.2, -0.15) is 0 Å². The molecule has 0 radical (unpaired) electrons. The summed E-state index contributed by atoms with van der Waals surface area (Å²) in [6.07, 6.45) is 3.94. The van der Waals surface area contributed by atoms with Gasteiger partial charge in [-0.05, 0) is 42.7 Å². The molecule has 1 aromatic carbocycles. The number of carbonyl (C=O) groups is 2. The van der Waals surface area contributed by atoms with Crippen LogP contribution in [0.4, 0.5) is 10.5 Å². The smallest absolute Gasteiger partial charge is 0.329 e. The summed E-state index contributed by atoms with van der Waals surface area (Å²) in [5.74, 6) is 0.542. The molecular formula is C19H18N4O3. The molecule has 4 rings (SSSR count). The van der Waals surface area contributed by atoms with Crippen molar-refractivity contribution in [2.75, 3.05) is 4.90 Å². The number of nitrogens with one attached hydrogen (secondary N) is 1. The largest absolute Gasteiger partial charge is 0.436 e. The lowest BCUT2D eigenvalue weighted by molar-refractivity contribution is -0.118. The first-order valence-electron chi connectivity index (χ1n) is 8.48. The van der Waals surface area contributed by atoms with Gasteiger partial charge in [0.2, 0.25) is 5.89 Å². The minimum atomic E-state index is -0.483. The third-order valence-corrected chi connectivity index (χ3v) is 4.28. The van der Waals surface area contributed by atoms with E-state index in [2.05, 4.69) is 15.3 Å². The lowest BCUT2D eigenvalue weighted by Crippen LogP contribution is -2.31. The highest BCUT2D eigenvalue weighted by atomic mass is 16.3. The SMILES string of the molecule is CC(C)CC1NC(=O)N(c2ccc3oc(-c4ccncc4)nc3c2)C1=O. The number of benzene rings is 1. The first-order valence-corrected chi connectivity index (χ1v) is 8.48. The molecule has 3 aromatic rings. The van der Waals surface area contributed by atoms with Crippen molar-refractivity contribution in [3.63, 3.8) is 0 Å². The van der Waals surface area contributed by atoms with Crippen molar-refractivity contribution in [1.29, 1.82) is 0 Å². The lowest BCUT2D eigenvalue weighted by atomic mass is 10.0. The van der Waals surface area contributed by atoms with Crippen LogP contribution in [0.1, 0.15) is 20.3 Å². The zero-order chi connectivity index (χ0) is 18.3. The van der Waals surface area contributed by atoms with E-state index < -0.39 is 12.1 Å². The van der Waals surface area contributed by atoms with E-state index in [0.717, 1.165) is 5.56 Å². The third kappa shape index (κ3) is 2.81. The van der Waals surface area contributed by atoms with Gasteiger partial charge in [-0.25, -0.2) is 14.7 Å². The fourth-order valence-corrected chi connectivity index (χ4v) is 3.08. The summed E-state index contributed by atoms with van der Waals surface area (Å²) in [7, 11) is 0. The van der Waals surface area contributed by atoms with Crippen LogP contribution in [0.5, 0.6) is 0 Å². The highest BCUT2D eigenvalue weighted by Gasteiger charge is 2.39. The van der Waals surface area contributed by atoms with Crippen LogP contribution < -0.4 is 10.2 Å². The van der Waals surface area contributed by atoms with Crippen molar-refractivity contribution >= 4 is 28.7 Å². The van der Waals surface area contributed by atoms with Crippen molar-refractivity contribution in [3.05, 3.63) is 42.7 Å². The van der Waals surface area contributed by atoms with Crippen LogP contribution in [0.3, 0.4) is 0 Å². The van der Waals surface area contributed by atoms with Crippen molar-refractivity contribution in [2.45, 2.75) is 26.3 Å². The summed E-state index contributed by atoms with van der Waals surface area (Å²) in [4.78, 5) is 34.5. The Hall–Kier alpha value is -3.22. The number of nitrogens with zero attached hydrogens (tertiary/aromatic N) is 3. The maximum atomic E-state index is 12.6. The first kappa shape index (κ1) is 16.3. The number of amides is 3. The number of oxazole rings is 1. The number of hydrogen-bond acceptors (Lipinski definition) is 5. The molecule has 0 bridgehead atoms. The third-order valence-electron chi connectivity index (χ3n) is 4.28. The van der Waals surface area contributed by atoms with Gasteiger partial charge in [-0.1, -0.05) is 13.8 Å². The van der Waals surface area contributed by atoms with Gasteiger partial charge in [0.05, 0.1) is 5.69 Å². The van der Waals surface area contributed by atoms with E-state index in [-0.39, 0.29) is 5.91 Å². The molecule has 1 saturated heterocycles. The van der Waals surface area contributed by atoms with Crippen molar-refractivity contribution in [3.8, 4) is 11.5 Å². The Morgan fingerprint density at radius 3 is 2.69 bits per heavy atom. The van der Waals surface area contributed by atoms with Gasteiger partial charge in [-0.15, -0.1) is 0 Å². The molecule has 1 aliphatic rings. The van der Waals surface area contributed by atoms with Gasteiger partial charge in [-0.3, -0.25) is 9.78 Å².